The molecule has 2 rings (SSSR count). The van der Waals surface area contributed by atoms with Gasteiger partial charge < -0.3 is 5.11 Å². The molecule has 1 heterocycles. The minimum Gasteiger partial charge on any atom is -0.480 e. The molecule has 7 heteroatoms. The molecule has 0 amide bonds. The van der Waals surface area contributed by atoms with Gasteiger partial charge in [0.1, 0.15) is 6.54 Å². The maximum atomic E-state index is 12.8. The third-order valence-corrected chi connectivity index (χ3v) is 5.66. The zero-order valence-electron chi connectivity index (χ0n) is 12.5. The fourth-order valence-corrected chi connectivity index (χ4v) is 4.22. The van der Waals surface area contributed by atoms with Crippen LogP contribution in [0.2, 0.25) is 0 Å². The molecule has 1 saturated heterocycles. The molecule has 0 aliphatic carbocycles. The second-order valence-corrected chi connectivity index (χ2v) is 7.40. The summed E-state index contributed by atoms with van der Waals surface area (Å²) in [4.78, 5) is 11.1. The van der Waals surface area contributed by atoms with Crippen molar-refractivity contribution in [2.24, 2.45) is 0 Å². The van der Waals surface area contributed by atoms with Crippen LogP contribution in [0.15, 0.2) is 30.3 Å². The van der Waals surface area contributed by atoms with Gasteiger partial charge in [0, 0.05) is 19.6 Å². The van der Waals surface area contributed by atoms with E-state index >= 15 is 0 Å². The van der Waals surface area contributed by atoms with Crippen LogP contribution in [0.3, 0.4) is 0 Å². The van der Waals surface area contributed by atoms with Crippen LogP contribution in [0.4, 0.5) is 0 Å². The molecule has 1 aliphatic rings. The highest BCUT2D eigenvalue weighted by atomic mass is 32.2. The van der Waals surface area contributed by atoms with E-state index < -0.39 is 22.7 Å². The average Bonchev–Trinajstić information content (AvgIpc) is 2.77. The van der Waals surface area contributed by atoms with Crippen molar-refractivity contribution in [3.8, 4) is 0 Å². The highest BCUT2D eigenvalue weighted by Gasteiger charge is 2.31. The predicted octanol–water partition coefficient (Wildman–Crippen LogP) is 1.69. The lowest BCUT2D eigenvalue weighted by Crippen LogP contribution is -2.45. The van der Waals surface area contributed by atoms with E-state index in [1.807, 2.05) is 18.2 Å². The molecule has 1 N–H and O–H groups in total. The molecule has 0 radical (unpaired) electrons. The van der Waals surface area contributed by atoms with E-state index in [1.54, 1.807) is 12.1 Å². The number of rotatable bonds is 6. The van der Waals surface area contributed by atoms with Crippen LogP contribution < -0.4 is 0 Å². The minimum atomic E-state index is -3.75. The highest BCUT2D eigenvalue weighted by molar-refractivity contribution is 7.86. The van der Waals surface area contributed by atoms with Crippen molar-refractivity contribution in [2.45, 2.75) is 32.2 Å². The molecule has 122 valence electrons. The summed E-state index contributed by atoms with van der Waals surface area (Å²) in [5.74, 6) is -1.14. The van der Waals surface area contributed by atoms with Crippen molar-refractivity contribution in [3.05, 3.63) is 35.9 Å². The van der Waals surface area contributed by atoms with Crippen molar-refractivity contribution in [1.82, 2.24) is 8.61 Å². The van der Waals surface area contributed by atoms with Gasteiger partial charge in [-0.3, -0.25) is 4.79 Å². The largest absolute Gasteiger partial charge is 0.480 e. The van der Waals surface area contributed by atoms with Gasteiger partial charge in [0.15, 0.2) is 0 Å². The smallest absolute Gasteiger partial charge is 0.318 e. The quantitative estimate of drug-likeness (QED) is 0.863. The zero-order chi connectivity index (χ0) is 16.0. The first-order valence-corrected chi connectivity index (χ1v) is 8.91. The van der Waals surface area contributed by atoms with E-state index in [1.165, 1.54) is 4.31 Å². The Kier molecular flexibility index (Phi) is 5.93. The van der Waals surface area contributed by atoms with Crippen LogP contribution in [-0.4, -0.2) is 47.7 Å². The van der Waals surface area contributed by atoms with Gasteiger partial charge in [-0.05, 0) is 18.4 Å². The SMILES string of the molecule is O=C(O)CN(Cc1ccccc1)S(=O)(=O)N1CCCCCC1. The minimum absolute atomic E-state index is 0.0754. The number of nitrogens with zero attached hydrogens (tertiary/aromatic N) is 2. The first-order valence-electron chi connectivity index (χ1n) is 7.51. The van der Waals surface area contributed by atoms with Crippen molar-refractivity contribution in [2.75, 3.05) is 19.6 Å². The third-order valence-electron chi connectivity index (χ3n) is 3.73. The van der Waals surface area contributed by atoms with Gasteiger partial charge in [0.2, 0.25) is 0 Å². The van der Waals surface area contributed by atoms with Crippen LogP contribution in [0.5, 0.6) is 0 Å². The van der Waals surface area contributed by atoms with Gasteiger partial charge in [-0.2, -0.15) is 17.0 Å². The van der Waals surface area contributed by atoms with Crippen LogP contribution in [0.25, 0.3) is 0 Å². The summed E-state index contributed by atoms with van der Waals surface area (Å²) >= 11 is 0. The summed E-state index contributed by atoms with van der Waals surface area (Å²) in [6, 6.07) is 9.06. The Labute approximate surface area is 131 Å². The van der Waals surface area contributed by atoms with E-state index in [-0.39, 0.29) is 6.54 Å². The molecule has 0 unspecified atom stereocenters. The standard InChI is InChI=1S/C15H22N2O4S/c18-15(19)13-17(12-14-8-4-3-5-9-14)22(20,21)16-10-6-1-2-7-11-16/h3-5,8-9H,1-2,6-7,10-13H2,(H,18,19). The van der Waals surface area contributed by atoms with Crippen molar-refractivity contribution >= 4 is 16.2 Å². The first-order chi connectivity index (χ1) is 10.5. The second kappa shape index (κ2) is 7.71. The Hall–Kier alpha value is -1.44. The van der Waals surface area contributed by atoms with Gasteiger partial charge in [0.25, 0.3) is 10.2 Å². The van der Waals surface area contributed by atoms with E-state index in [0.717, 1.165) is 35.6 Å². The second-order valence-electron chi connectivity index (χ2n) is 5.47. The lowest BCUT2D eigenvalue weighted by molar-refractivity contribution is -0.137. The fraction of sp³-hybridized carbons (Fsp3) is 0.533. The molecule has 0 saturated carbocycles. The van der Waals surface area contributed by atoms with E-state index in [4.69, 9.17) is 5.11 Å². The first kappa shape index (κ1) is 16.9. The van der Waals surface area contributed by atoms with Crippen molar-refractivity contribution in [1.29, 1.82) is 0 Å². The summed E-state index contributed by atoms with van der Waals surface area (Å²) in [6.45, 7) is 0.486. The molecular weight excluding hydrogens is 304 g/mol. The number of hydrogen-bond donors (Lipinski definition) is 1. The summed E-state index contributed by atoms with van der Waals surface area (Å²) in [7, 11) is -3.75. The maximum absolute atomic E-state index is 12.8. The van der Waals surface area contributed by atoms with Gasteiger partial charge >= 0.3 is 5.97 Å². The summed E-state index contributed by atoms with van der Waals surface area (Å²) in [6.07, 6.45) is 3.68. The van der Waals surface area contributed by atoms with Gasteiger partial charge in [-0.25, -0.2) is 0 Å². The van der Waals surface area contributed by atoms with E-state index in [0.29, 0.717) is 13.1 Å². The number of aliphatic carboxylic acids is 1. The summed E-state index contributed by atoms with van der Waals surface area (Å²) < 4.78 is 28.0. The van der Waals surface area contributed by atoms with E-state index in [9.17, 15) is 13.2 Å². The van der Waals surface area contributed by atoms with Gasteiger partial charge in [0.05, 0.1) is 0 Å². The van der Waals surface area contributed by atoms with Crippen molar-refractivity contribution in [3.63, 3.8) is 0 Å². The molecule has 1 aromatic rings. The Morgan fingerprint density at radius 3 is 2.23 bits per heavy atom. The molecule has 1 fully saturated rings. The van der Waals surface area contributed by atoms with Crippen LogP contribution in [0, 0.1) is 0 Å². The molecule has 1 aliphatic heterocycles. The van der Waals surface area contributed by atoms with Gasteiger partial charge in [-0.1, -0.05) is 43.2 Å². The molecule has 0 atom stereocenters. The van der Waals surface area contributed by atoms with Crippen LogP contribution in [0.1, 0.15) is 31.2 Å². The lowest BCUT2D eigenvalue weighted by Gasteiger charge is -2.28. The Morgan fingerprint density at radius 1 is 1.09 bits per heavy atom. The average molecular weight is 326 g/mol. The number of carboxylic acids is 1. The molecule has 6 nitrogen and oxygen atoms in total. The molecule has 22 heavy (non-hydrogen) atoms. The molecular formula is C15H22N2O4S. The van der Waals surface area contributed by atoms with Crippen LogP contribution >= 0.6 is 0 Å². The van der Waals surface area contributed by atoms with Gasteiger partial charge in [-0.15, -0.1) is 0 Å². The summed E-state index contributed by atoms with van der Waals surface area (Å²) in [5.41, 5.74) is 0.780. The number of hydrogen-bond acceptors (Lipinski definition) is 3. The monoisotopic (exact) mass is 326 g/mol. The maximum Gasteiger partial charge on any atom is 0.318 e. The topological polar surface area (TPSA) is 77.9 Å². The summed E-state index contributed by atoms with van der Waals surface area (Å²) in [5, 5.41) is 9.05. The predicted molar refractivity (Wildman–Crippen MR) is 83.4 cm³/mol. The Bertz CT molecular complexity index is 581. The molecule has 0 spiro atoms. The normalized spacial score (nSPS) is 17.3. The lowest BCUT2D eigenvalue weighted by atomic mass is 10.2. The molecule has 0 aromatic heterocycles. The fourth-order valence-electron chi connectivity index (χ4n) is 2.59. The number of carboxylic acid groups (broad SMARTS) is 1. The van der Waals surface area contributed by atoms with Crippen LogP contribution in [-0.2, 0) is 21.5 Å². The Morgan fingerprint density at radius 2 is 1.68 bits per heavy atom. The molecule has 0 bridgehead atoms. The third kappa shape index (κ3) is 4.53. The Balaban J connectivity index is 2.20. The number of carbonyl (C=O) groups is 1. The molecule has 1 aromatic carbocycles. The highest BCUT2D eigenvalue weighted by Crippen LogP contribution is 2.18. The van der Waals surface area contributed by atoms with E-state index in [2.05, 4.69) is 0 Å². The number of benzene rings is 1. The van der Waals surface area contributed by atoms with Crippen molar-refractivity contribution < 1.29 is 18.3 Å². The zero-order valence-corrected chi connectivity index (χ0v) is 13.3.